The first kappa shape index (κ1) is 17.2. The molecule has 2 aromatic carbocycles. The minimum atomic E-state index is -0.249. The average Bonchev–Trinajstić information content (AvgIpc) is 2.98. The van der Waals surface area contributed by atoms with Gasteiger partial charge in [0.15, 0.2) is 0 Å². The highest BCUT2D eigenvalue weighted by Gasteiger charge is 2.11. The fourth-order valence-electron chi connectivity index (χ4n) is 2.69. The molecule has 0 spiro atoms. The first-order valence-corrected chi connectivity index (χ1v) is 8.64. The van der Waals surface area contributed by atoms with Crippen molar-refractivity contribution in [2.24, 2.45) is 0 Å². The molecule has 0 radical (unpaired) electrons. The summed E-state index contributed by atoms with van der Waals surface area (Å²) in [4.78, 5) is 0. The second kappa shape index (κ2) is 7.97. The lowest BCUT2D eigenvalue weighted by Crippen LogP contribution is -2.07. The molecule has 0 N–H and O–H groups in total. The number of rotatable bonds is 7. The molecule has 0 aliphatic carbocycles. The van der Waals surface area contributed by atoms with Crippen LogP contribution in [0.25, 0.3) is 0 Å². The predicted molar refractivity (Wildman–Crippen MR) is 97.2 cm³/mol. The number of benzene rings is 2. The van der Waals surface area contributed by atoms with Crippen LogP contribution in [0.4, 0.5) is 4.39 Å². The molecule has 0 fully saturated rings. The van der Waals surface area contributed by atoms with Crippen LogP contribution in [-0.2, 0) is 19.6 Å². The van der Waals surface area contributed by atoms with Crippen LogP contribution in [0.5, 0.6) is 5.88 Å². The number of aryl methyl sites for hydroxylation is 2. The molecule has 130 valence electrons. The third-order valence-electron chi connectivity index (χ3n) is 4.09. The Bertz CT molecular complexity index is 824. The summed E-state index contributed by atoms with van der Waals surface area (Å²) in [6.45, 7) is 5.02. The van der Waals surface area contributed by atoms with Gasteiger partial charge in [-0.25, -0.2) is 9.07 Å². The van der Waals surface area contributed by atoms with E-state index in [1.165, 1.54) is 11.6 Å². The van der Waals surface area contributed by atoms with Crippen LogP contribution in [0.15, 0.2) is 54.6 Å². The van der Waals surface area contributed by atoms with E-state index in [2.05, 4.69) is 43.2 Å². The summed E-state index contributed by atoms with van der Waals surface area (Å²) in [5.74, 6) is 0.424. The van der Waals surface area contributed by atoms with Crippen molar-refractivity contribution >= 4 is 0 Å². The molecule has 0 saturated carbocycles. The third kappa shape index (κ3) is 4.47. The lowest BCUT2D eigenvalue weighted by atomic mass is 10.1. The monoisotopic (exact) mass is 338 g/mol. The van der Waals surface area contributed by atoms with Crippen LogP contribution in [0.2, 0.25) is 0 Å². The fraction of sp³-hybridized carbons (Fsp3) is 0.286. The van der Waals surface area contributed by atoms with Gasteiger partial charge in [0.05, 0.1) is 12.2 Å². The Morgan fingerprint density at radius 3 is 2.56 bits per heavy atom. The molecule has 0 amide bonds. The zero-order valence-electron chi connectivity index (χ0n) is 14.7. The SMILES string of the molecule is CCCc1cc(OCc2ccccc2F)n(Cc2ccc(C)cc2)n1. The highest BCUT2D eigenvalue weighted by Crippen LogP contribution is 2.19. The van der Waals surface area contributed by atoms with Gasteiger partial charge in [0.25, 0.3) is 0 Å². The standard InChI is InChI=1S/C21H23FN2O/c1-3-6-19-13-21(25-15-18-7-4-5-8-20(18)22)24(23-19)14-17-11-9-16(2)10-12-17/h4-5,7-13H,3,6,14-15H2,1-2H3. The first-order valence-electron chi connectivity index (χ1n) is 8.64. The second-order valence-corrected chi connectivity index (χ2v) is 6.25. The molecule has 0 atom stereocenters. The van der Waals surface area contributed by atoms with Crippen molar-refractivity contribution in [1.29, 1.82) is 0 Å². The number of hydrogen-bond acceptors (Lipinski definition) is 2. The van der Waals surface area contributed by atoms with Gasteiger partial charge in [0.2, 0.25) is 5.88 Å². The Morgan fingerprint density at radius 1 is 1.08 bits per heavy atom. The minimum Gasteiger partial charge on any atom is -0.473 e. The molecule has 0 bridgehead atoms. The van der Waals surface area contributed by atoms with Crippen molar-refractivity contribution in [1.82, 2.24) is 9.78 Å². The normalized spacial score (nSPS) is 10.8. The van der Waals surface area contributed by atoms with Gasteiger partial charge in [0.1, 0.15) is 12.4 Å². The fourth-order valence-corrected chi connectivity index (χ4v) is 2.69. The molecular formula is C21H23FN2O. The van der Waals surface area contributed by atoms with E-state index in [1.807, 2.05) is 16.8 Å². The van der Waals surface area contributed by atoms with Crippen molar-refractivity contribution in [3.8, 4) is 5.88 Å². The summed E-state index contributed by atoms with van der Waals surface area (Å²) >= 11 is 0. The van der Waals surface area contributed by atoms with Gasteiger partial charge in [-0.2, -0.15) is 5.10 Å². The Balaban J connectivity index is 1.79. The van der Waals surface area contributed by atoms with Crippen LogP contribution in [0, 0.1) is 12.7 Å². The van der Waals surface area contributed by atoms with E-state index in [9.17, 15) is 4.39 Å². The smallest absolute Gasteiger partial charge is 0.212 e. The van der Waals surface area contributed by atoms with Gasteiger partial charge < -0.3 is 4.74 Å². The Labute approximate surface area is 148 Å². The van der Waals surface area contributed by atoms with Gasteiger partial charge in [-0.1, -0.05) is 61.4 Å². The van der Waals surface area contributed by atoms with Crippen molar-refractivity contribution in [2.75, 3.05) is 0 Å². The van der Waals surface area contributed by atoms with Gasteiger partial charge in [0, 0.05) is 11.6 Å². The maximum Gasteiger partial charge on any atom is 0.212 e. The molecule has 0 aliphatic rings. The van der Waals surface area contributed by atoms with Gasteiger partial charge in [-0.3, -0.25) is 0 Å². The number of nitrogens with zero attached hydrogens (tertiary/aromatic N) is 2. The van der Waals surface area contributed by atoms with Crippen LogP contribution in [-0.4, -0.2) is 9.78 Å². The van der Waals surface area contributed by atoms with Crippen molar-refractivity contribution in [3.05, 3.63) is 82.8 Å². The molecule has 25 heavy (non-hydrogen) atoms. The molecule has 1 aromatic heterocycles. The summed E-state index contributed by atoms with van der Waals surface area (Å²) in [6.07, 6.45) is 1.92. The summed E-state index contributed by atoms with van der Waals surface area (Å²) in [5.41, 5.74) is 3.93. The van der Waals surface area contributed by atoms with E-state index in [4.69, 9.17) is 4.74 Å². The van der Waals surface area contributed by atoms with Crippen LogP contribution < -0.4 is 4.74 Å². The van der Waals surface area contributed by atoms with Gasteiger partial charge in [-0.15, -0.1) is 0 Å². The molecule has 3 aromatic rings. The quantitative estimate of drug-likeness (QED) is 0.612. The van der Waals surface area contributed by atoms with Gasteiger partial charge in [-0.05, 0) is 25.0 Å². The molecule has 1 heterocycles. The van der Waals surface area contributed by atoms with Gasteiger partial charge >= 0.3 is 0 Å². The molecule has 0 saturated heterocycles. The van der Waals surface area contributed by atoms with Crippen molar-refractivity contribution < 1.29 is 9.13 Å². The van der Waals surface area contributed by atoms with E-state index in [1.54, 1.807) is 12.1 Å². The topological polar surface area (TPSA) is 27.1 Å². The number of hydrogen-bond donors (Lipinski definition) is 0. The predicted octanol–water partition coefficient (Wildman–Crippen LogP) is 4.91. The molecule has 3 nitrogen and oxygen atoms in total. The van der Waals surface area contributed by atoms with Crippen LogP contribution >= 0.6 is 0 Å². The number of ether oxygens (including phenoxy) is 1. The highest BCUT2D eigenvalue weighted by molar-refractivity contribution is 5.24. The molecule has 0 unspecified atom stereocenters. The minimum absolute atomic E-state index is 0.192. The highest BCUT2D eigenvalue weighted by atomic mass is 19.1. The van der Waals surface area contributed by atoms with E-state index < -0.39 is 0 Å². The van der Waals surface area contributed by atoms with Crippen LogP contribution in [0.1, 0.15) is 35.7 Å². The molecule has 3 rings (SSSR count). The molecule has 4 heteroatoms. The Kier molecular flexibility index (Phi) is 5.49. The molecule has 0 aliphatic heterocycles. The molecular weight excluding hydrogens is 315 g/mol. The largest absolute Gasteiger partial charge is 0.473 e. The zero-order chi connectivity index (χ0) is 17.6. The van der Waals surface area contributed by atoms with E-state index in [0.717, 1.165) is 24.1 Å². The lowest BCUT2D eigenvalue weighted by Gasteiger charge is -2.10. The maximum absolute atomic E-state index is 13.8. The third-order valence-corrected chi connectivity index (χ3v) is 4.09. The Hall–Kier alpha value is -2.62. The Morgan fingerprint density at radius 2 is 1.84 bits per heavy atom. The first-order chi connectivity index (χ1) is 12.2. The van der Waals surface area contributed by atoms with Crippen molar-refractivity contribution in [2.45, 2.75) is 39.8 Å². The van der Waals surface area contributed by atoms with E-state index >= 15 is 0 Å². The maximum atomic E-state index is 13.8. The second-order valence-electron chi connectivity index (χ2n) is 6.25. The summed E-state index contributed by atoms with van der Waals surface area (Å²) in [5, 5.41) is 4.65. The summed E-state index contributed by atoms with van der Waals surface area (Å²) < 4.78 is 21.5. The van der Waals surface area contributed by atoms with Crippen LogP contribution in [0.3, 0.4) is 0 Å². The zero-order valence-corrected chi connectivity index (χ0v) is 14.7. The van der Waals surface area contributed by atoms with E-state index in [-0.39, 0.29) is 12.4 Å². The number of halogens is 1. The average molecular weight is 338 g/mol. The summed E-state index contributed by atoms with van der Waals surface area (Å²) in [6, 6.07) is 17.0. The van der Waals surface area contributed by atoms with E-state index in [0.29, 0.717) is 18.0 Å². The lowest BCUT2D eigenvalue weighted by molar-refractivity contribution is 0.270. The summed E-state index contributed by atoms with van der Waals surface area (Å²) in [7, 11) is 0. The number of aromatic nitrogens is 2. The van der Waals surface area contributed by atoms with Crippen molar-refractivity contribution in [3.63, 3.8) is 0 Å².